The van der Waals surface area contributed by atoms with Crippen LogP contribution >= 0.6 is 11.3 Å². The lowest BCUT2D eigenvalue weighted by Crippen LogP contribution is -2.37. The standard InChI is InChI=1S/C12H20N2OS/c1-9-12(16-8-13-9)3-4-14(2)7-10-5-11(15)6-10/h8,10-11,15H,3-7H2,1-2H3. The summed E-state index contributed by atoms with van der Waals surface area (Å²) in [5.74, 6) is 0.711. The Hall–Kier alpha value is -0.450. The van der Waals surface area contributed by atoms with E-state index in [9.17, 15) is 5.11 Å². The summed E-state index contributed by atoms with van der Waals surface area (Å²) in [4.78, 5) is 8.03. The van der Waals surface area contributed by atoms with Crippen molar-refractivity contribution in [1.29, 1.82) is 0 Å². The van der Waals surface area contributed by atoms with Gasteiger partial charge < -0.3 is 10.0 Å². The summed E-state index contributed by atoms with van der Waals surface area (Å²) in [5.41, 5.74) is 3.10. The van der Waals surface area contributed by atoms with E-state index < -0.39 is 0 Å². The first kappa shape index (κ1) is 12.0. The number of aliphatic hydroxyl groups is 1. The zero-order valence-corrected chi connectivity index (χ0v) is 10.8. The van der Waals surface area contributed by atoms with Crippen LogP contribution in [-0.4, -0.2) is 41.2 Å². The second-order valence-electron chi connectivity index (χ2n) is 4.86. The third kappa shape index (κ3) is 3.03. The molecule has 1 aliphatic rings. The second kappa shape index (κ2) is 5.25. The fourth-order valence-corrected chi connectivity index (χ4v) is 3.01. The molecule has 4 heteroatoms. The van der Waals surface area contributed by atoms with Crippen molar-refractivity contribution in [1.82, 2.24) is 9.88 Å². The minimum Gasteiger partial charge on any atom is -0.393 e. The quantitative estimate of drug-likeness (QED) is 0.851. The van der Waals surface area contributed by atoms with Gasteiger partial charge in [0.05, 0.1) is 17.3 Å². The Morgan fingerprint density at radius 1 is 1.56 bits per heavy atom. The van der Waals surface area contributed by atoms with Gasteiger partial charge in [-0.15, -0.1) is 11.3 Å². The number of rotatable bonds is 5. The van der Waals surface area contributed by atoms with Crippen LogP contribution in [0, 0.1) is 12.8 Å². The number of hydrogen-bond donors (Lipinski definition) is 1. The van der Waals surface area contributed by atoms with Crippen LogP contribution in [0.4, 0.5) is 0 Å². The summed E-state index contributed by atoms with van der Waals surface area (Å²) >= 11 is 1.75. The molecular formula is C12H20N2OS. The molecule has 0 aromatic carbocycles. The summed E-state index contributed by atoms with van der Waals surface area (Å²) in [6, 6.07) is 0. The van der Waals surface area contributed by atoms with Gasteiger partial charge in [-0.05, 0) is 39.2 Å². The fourth-order valence-electron chi connectivity index (χ4n) is 2.24. The van der Waals surface area contributed by atoms with E-state index >= 15 is 0 Å². The van der Waals surface area contributed by atoms with Crippen molar-refractivity contribution in [3.05, 3.63) is 16.1 Å². The van der Waals surface area contributed by atoms with E-state index in [4.69, 9.17) is 0 Å². The number of aryl methyl sites for hydroxylation is 1. The van der Waals surface area contributed by atoms with Gasteiger partial charge in [0.2, 0.25) is 0 Å². The predicted molar refractivity (Wildman–Crippen MR) is 66.8 cm³/mol. The van der Waals surface area contributed by atoms with Crippen LogP contribution in [0.1, 0.15) is 23.4 Å². The molecule has 0 bridgehead atoms. The molecule has 1 N–H and O–H groups in total. The van der Waals surface area contributed by atoms with Crippen LogP contribution in [0.25, 0.3) is 0 Å². The zero-order valence-electron chi connectivity index (χ0n) is 10.0. The Morgan fingerprint density at radius 3 is 2.88 bits per heavy atom. The van der Waals surface area contributed by atoms with Crippen molar-refractivity contribution in [3.8, 4) is 0 Å². The molecule has 0 radical (unpaired) electrons. The molecule has 1 saturated carbocycles. The summed E-state index contributed by atoms with van der Waals surface area (Å²) in [5, 5.41) is 9.22. The Labute approximate surface area is 101 Å². The van der Waals surface area contributed by atoms with Crippen molar-refractivity contribution in [3.63, 3.8) is 0 Å². The molecule has 1 heterocycles. The van der Waals surface area contributed by atoms with Gasteiger partial charge in [0.25, 0.3) is 0 Å². The predicted octanol–water partition coefficient (Wildman–Crippen LogP) is 1.70. The third-order valence-electron chi connectivity index (χ3n) is 3.35. The highest BCUT2D eigenvalue weighted by Gasteiger charge is 2.27. The lowest BCUT2D eigenvalue weighted by molar-refractivity contribution is 0.0285. The molecule has 1 aromatic rings. The van der Waals surface area contributed by atoms with E-state index in [2.05, 4.69) is 23.9 Å². The first-order chi connectivity index (χ1) is 7.65. The van der Waals surface area contributed by atoms with Gasteiger partial charge in [-0.25, -0.2) is 4.98 Å². The van der Waals surface area contributed by atoms with Crippen LogP contribution in [0.3, 0.4) is 0 Å². The average Bonchev–Trinajstić information content (AvgIpc) is 2.59. The number of nitrogens with zero attached hydrogens (tertiary/aromatic N) is 2. The molecule has 0 aliphatic heterocycles. The minimum absolute atomic E-state index is 0.0258. The van der Waals surface area contributed by atoms with Crippen molar-refractivity contribution in [2.75, 3.05) is 20.1 Å². The second-order valence-corrected chi connectivity index (χ2v) is 5.80. The molecule has 0 atom stereocenters. The highest BCUT2D eigenvalue weighted by Crippen LogP contribution is 2.27. The van der Waals surface area contributed by atoms with Gasteiger partial charge in [0, 0.05) is 18.0 Å². The van der Waals surface area contributed by atoms with Crippen LogP contribution in [0.2, 0.25) is 0 Å². The maximum Gasteiger partial charge on any atom is 0.0797 e. The van der Waals surface area contributed by atoms with Gasteiger partial charge in [-0.3, -0.25) is 0 Å². The van der Waals surface area contributed by atoms with E-state index in [1.54, 1.807) is 11.3 Å². The third-order valence-corrected chi connectivity index (χ3v) is 4.34. The molecule has 1 fully saturated rings. The molecular weight excluding hydrogens is 220 g/mol. The van der Waals surface area contributed by atoms with E-state index in [0.717, 1.165) is 32.4 Å². The van der Waals surface area contributed by atoms with E-state index in [-0.39, 0.29) is 6.10 Å². The van der Waals surface area contributed by atoms with E-state index in [1.807, 2.05) is 5.51 Å². The minimum atomic E-state index is -0.0258. The topological polar surface area (TPSA) is 36.4 Å². The monoisotopic (exact) mass is 240 g/mol. The Kier molecular flexibility index (Phi) is 3.95. The fraction of sp³-hybridized carbons (Fsp3) is 0.750. The molecule has 1 aliphatic carbocycles. The van der Waals surface area contributed by atoms with Crippen LogP contribution in [0.5, 0.6) is 0 Å². The SMILES string of the molecule is Cc1ncsc1CCN(C)CC1CC(O)C1. The van der Waals surface area contributed by atoms with Crippen LogP contribution in [-0.2, 0) is 6.42 Å². The van der Waals surface area contributed by atoms with Gasteiger partial charge in [-0.2, -0.15) is 0 Å². The number of aliphatic hydroxyl groups excluding tert-OH is 1. The molecule has 0 unspecified atom stereocenters. The van der Waals surface area contributed by atoms with Gasteiger partial charge in [-0.1, -0.05) is 0 Å². The Bertz CT molecular complexity index is 334. The Balaban J connectivity index is 1.68. The van der Waals surface area contributed by atoms with Crippen LogP contribution in [0.15, 0.2) is 5.51 Å². The molecule has 16 heavy (non-hydrogen) atoms. The first-order valence-corrected chi connectivity index (χ1v) is 6.78. The maximum absolute atomic E-state index is 9.22. The maximum atomic E-state index is 9.22. The number of thiazole rings is 1. The van der Waals surface area contributed by atoms with Crippen LogP contribution < -0.4 is 0 Å². The molecule has 2 rings (SSSR count). The number of hydrogen-bond acceptors (Lipinski definition) is 4. The zero-order chi connectivity index (χ0) is 11.5. The van der Waals surface area contributed by atoms with Crippen molar-refractivity contribution < 1.29 is 5.11 Å². The van der Waals surface area contributed by atoms with E-state index in [0.29, 0.717) is 5.92 Å². The molecule has 0 spiro atoms. The molecule has 90 valence electrons. The summed E-state index contributed by atoms with van der Waals surface area (Å²) in [6.07, 6.45) is 3.05. The highest BCUT2D eigenvalue weighted by molar-refractivity contribution is 7.09. The smallest absolute Gasteiger partial charge is 0.0797 e. The molecule has 1 aromatic heterocycles. The first-order valence-electron chi connectivity index (χ1n) is 5.90. The Morgan fingerprint density at radius 2 is 2.31 bits per heavy atom. The van der Waals surface area contributed by atoms with Gasteiger partial charge in [0.15, 0.2) is 0 Å². The average molecular weight is 240 g/mol. The van der Waals surface area contributed by atoms with E-state index in [1.165, 1.54) is 10.6 Å². The highest BCUT2D eigenvalue weighted by atomic mass is 32.1. The summed E-state index contributed by atoms with van der Waals surface area (Å²) in [7, 11) is 2.17. The van der Waals surface area contributed by atoms with Crippen molar-refractivity contribution >= 4 is 11.3 Å². The number of likely N-dealkylation sites (N-methyl/N-ethyl adjacent to an activating group) is 1. The van der Waals surface area contributed by atoms with Gasteiger partial charge >= 0.3 is 0 Å². The largest absolute Gasteiger partial charge is 0.393 e. The lowest BCUT2D eigenvalue weighted by Gasteiger charge is -2.34. The van der Waals surface area contributed by atoms with Crippen molar-refractivity contribution in [2.45, 2.75) is 32.3 Å². The summed E-state index contributed by atoms with van der Waals surface area (Å²) < 4.78 is 0. The molecule has 0 saturated heterocycles. The molecule has 0 amide bonds. The van der Waals surface area contributed by atoms with Crippen molar-refractivity contribution in [2.24, 2.45) is 5.92 Å². The lowest BCUT2D eigenvalue weighted by atomic mass is 9.82. The number of aromatic nitrogens is 1. The normalized spacial score (nSPS) is 24.8. The summed E-state index contributed by atoms with van der Waals surface area (Å²) in [6.45, 7) is 4.29. The van der Waals surface area contributed by atoms with Gasteiger partial charge in [0.1, 0.15) is 0 Å². The molecule has 3 nitrogen and oxygen atoms in total.